The highest BCUT2D eigenvalue weighted by molar-refractivity contribution is 6.08. The van der Waals surface area contributed by atoms with E-state index in [4.69, 9.17) is 4.74 Å². The van der Waals surface area contributed by atoms with Crippen molar-refractivity contribution in [3.05, 3.63) is 53.8 Å². The van der Waals surface area contributed by atoms with Crippen LogP contribution in [-0.4, -0.2) is 6.61 Å². The Morgan fingerprint density at radius 1 is 0.741 bits per heavy atom. The number of unbranched alkanes of at least 4 members (excludes halogenated alkanes) is 5. The zero-order chi connectivity index (χ0) is 19.1. The highest BCUT2D eigenvalue weighted by Crippen LogP contribution is 2.31. The lowest BCUT2D eigenvalue weighted by Crippen LogP contribution is -1.97. The Bertz CT molecular complexity index is 884. The molecule has 3 aromatic carbocycles. The largest absolute Gasteiger partial charge is 0.494 e. The molecule has 0 aromatic heterocycles. The summed E-state index contributed by atoms with van der Waals surface area (Å²) in [4.78, 5) is 0. The average Bonchev–Trinajstić information content (AvgIpc) is 2.69. The number of ether oxygens (including phenoxy) is 1. The maximum absolute atomic E-state index is 14.9. The Morgan fingerprint density at radius 2 is 1.48 bits per heavy atom. The van der Waals surface area contributed by atoms with Crippen LogP contribution in [0.5, 0.6) is 5.75 Å². The quantitative estimate of drug-likeness (QED) is 0.262. The fraction of sp³-hybridized carbons (Fsp3) is 0.440. The van der Waals surface area contributed by atoms with Gasteiger partial charge in [-0.05, 0) is 53.1 Å². The fourth-order valence-electron chi connectivity index (χ4n) is 3.70. The number of benzene rings is 3. The SMILES string of the molecule is CCCCCCOc1ccc2c(ccc3c(F)c(CCCCC)ccc32)c1. The summed E-state index contributed by atoms with van der Waals surface area (Å²) in [6, 6.07) is 14.1. The molecule has 0 aliphatic heterocycles. The number of fused-ring (bicyclic) bond motifs is 3. The van der Waals surface area contributed by atoms with Gasteiger partial charge in [-0.1, -0.05) is 76.3 Å². The number of hydrogen-bond acceptors (Lipinski definition) is 1. The van der Waals surface area contributed by atoms with Crippen LogP contribution in [0.2, 0.25) is 0 Å². The van der Waals surface area contributed by atoms with Crippen LogP contribution in [0.1, 0.15) is 64.4 Å². The number of halogens is 1. The van der Waals surface area contributed by atoms with Crippen LogP contribution in [0.15, 0.2) is 42.5 Å². The number of aryl methyl sites for hydroxylation is 1. The Hall–Kier alpha value is -2.09. The molecule has 144 valence electrons. The summed E-state index contributed by atoms with van der Waals surface area (Å²) in [5, 5.41) is 3.90. The fourth-order valence-corrected chi connectivity index (χ4v) is 3.70. The normalized spacial score (nSPS) is 11.4. The van der Waals surface area contributed by atoms with Gasteiger partial charge in [0.15, 0.2) is 0 Å². The molecule has 0 spiro atoms. The molecular weight excluding hydrogens is 335 g/mol. The average molecular weight is 367 g/mol. The van der Waals surface area contributed by atoms with Gasteiger partial charge in [-0.15, -0.1) is 0 Å². The first kappa shape index (κ1) is 19.7. The van der Waals surface area contributed by atoms with Crippen LogP contribution in [0, 0.1) is 5.82 Å². The molecule has 27 heavy (non-hydrogen) atoms. The van der Waals surface area contributed by atoms with E-state index in [2.05, 4.69) is 32.0 Å². The van der Waals surface area contributed by atoms with Crippen molar-refractivity contribution in [3.63, 3.8) is 0 Å². The van der Waals surface area contributed by atoms with Crippen LogP contribution >= 0.6 is 0 Å². The number of hydrogen-bond donors (Lipinski definition) is 0. The van der Waals surface area contributed by atoms with E-state index in [0.29, 0.717) is 0 Å². The van der Waals surface area contributed by atoms with Gasteiger partial charge in [0.25, 0.3) is 0 Å². The summed E-state index contributed by atoms with van der Waals surface area (Å²) in [7, 11) is 0. The van der Waals surface area contributed by atoms with Crippen molar-refractivity contribution in [2.24, 2.45) is 0 Å². The maximum Gasteiger partial charge on any atom is 0.134 e. The molecule has 0 fully saturated rings. The van der Waals surface area contributed by atoms with Gasteiger partial charge in [-0.3, -0.25) is 0 Å². The molecule has 0 atom stereocenters. The van der Waals surface area contributed by atoms with E-state index in [1.165, 1.54) is 19.3 Å². The van der Waals surface area contributed by atoms with Gasteiger partial charge < -0.3 is 4.74 Å². The molecule has 0 radical (unpaired) electrons. The Balaban J connectivity index is 1.80. The van der Waals surface area contributed by atoms with Crippen molar-refractivity contribution in [3.8, 4) is 5.75 Å². The first-order chi connectivity index (χ1) is 13.2. The van der Waals surface area contributed by atoms with Gasteiger partial charge in [0, 0.05) is 5.39 Å². The third-order valence-electron chi connectivity index (χ3n) is 5.32. The minimum atomic E-state index is -0.0539. The molecule has 0 amide bonds. The summed E-state index contributed by atoms with van der Waals surface area (Å²) in [5.41, 5.74) is 0.835. The first-order valence-corrected chi connectivity index (χ1v) is 10.5. The summed E-state index contributed by atoms with van der Waals surface area (Å²) in [5.74, 6) is 0.844. The molecule has 2 heteroatoms. The van der Waals surface area contributed by atoms with E-state index in [1.54, 1.807) is 0 Å². The first-order valence-electron chi connectivity index (χ1n) is 10.5. The molecule has 0 saturated carbocycles. The van der Waals surface area contributed by atoms with Crippen LogP contribution in [0.3, 0.4) is 0 Å². The maximum atomic E-state index is 14.9. The van der Waals surface area contributed by atoms with Gasteiger partial charge in [-0.25, -0.2) is 4.39 Å². The van der Waals surface area contributed by atoms with Crippen LogP contribution < -0.4 is 4.74 Å². The summed E-state index contributed by atoms with van der Waals surface area (Å²) >= 11 is 0. The van der Waals surface area contributed by atoms with Gasteiger partial charge >= 0.3 is 0 Å². The lowest BCUT2D eigenvalue weighted by Gasteiger charge is -2.11. The molecule has 0 heterocycles. The van der Waals surface area contributed by atoms with Crippen molar-refractivity contribution in [2.75, 3.05) is 6.61 Å². The van der Waals surface area contributed by atoms with E-state index < -0.39 is 0 Å². The zero-order valence-corrected chi connectivity index (χ0v) is 16.7. The lowest BCUT2D eigenvalue weighted by molar-refractivity contribution is 0.305. The van der Waals surface area contributed by atoms with E-state index in [9.17, 15) is 4.39 Å². The zero-order valence-electron chi connectivity index (χ0n) is 16.7. The van der Waals surface area contributed by atoms with Crippen molar-refractivity contribution < 1.29 is 9.13 Å². The summed E-state index contributed by atoms with van der Waals surface area (Å²) in [6.45, 7) is 5.15. The minimum Gasteiger partial charge on any atom is -0.494 e. The predicted molar refractivity (Wildman–Crippen MR) is 114 cm³/mol. The van der Waals surface area contributed by atoms with Crippen LogP contribution in [0.25, 0.3) is 21.5 Å². The number of rotatable bonds is 10. The molecule has 3 rings (SSSR count). The third kappa shape index (κ3) is 4.80. The van der Waals surface area contributed by atoms with Gasteiger partial charge in [0.2, 0.25) is 0 Å². The molecular formula is C25H31FO. The molecule has 0 bridgehead atoms. The minimum absolute atomic E-state index is 0.0539. The molecule has 0 N–H and O–H groups in total. The van der Waals surface area contributed by atoms with Crippen LogP contribution in [0.4, 0.5) is 4.39 Å². The topological polar surface area (TPSA) is 9.23 Å². The van der Waals surface area contributed by atoms with Crippen molar-refractivity contribution in [2.45, 2.75) is 65.2 Å². The van der Waals surface area contributed by atoms with Gasteiger partial charge in [-0.2, -0.15) is 0 Å². The smallest absolute Gasteiger partial charge is 0.134 e. The third-order valence-corrected chi connectivity index (χ3v) is 5.32. The monoisotopic (exact) mass is 366 g/mol. The van der Waals surface area contributed by atoms with Crippen LogP contribution in [-0.2, 0) is 6.42 Å². The Labute approximate surface area is 162 Å². The molecule has 0 aliphatic carbocycles. The molecule has 0 saturated heterocycles. The van der Waals surface area contributed by atoms with Crippen molar-refractivity contribution in [1.29, 1.82) is 0 Å². The Morgan fingerprint density at radius 3 is 2.30 bits per heavy atom. The van der Waals surface area contributed by atoms with Gasteiger partial charge in [0.05, 0.1) is 6.61 Å². The second kappa shape index (κ2) is 9.73. The lowest BCUT2D eigenvalue weighted by atomic mass is 9.97. The van der Waals surface area contributed by atoms with E-state index in [-0.39, 0.29) is 5.82 Å². The molecule has 1 nitrogen and oxygen atoms in total. The predicted octanol–water partition coefficient (Wildman–Crippen LogP) is 7.82. The molecule has 0 aliphatic rings. The second-order valence-corrected chi connectivity index (χ2v) is 7.45. The molecule has 0 unspecified atom stereocenters. The highest BCUT2D eigenvalue weighted by Gasteiger charge is 2.10. The van der Waals surface area contributed by atoms with E-state index >= 15 is 0 Å². The second-order valence-electron chi connectivity index (χ2n) is 7.45. The summed E-state index contributed by atoms with van der Waals surface area (Å²) in [6.07, 6.45) is 8.98. The Kier molecular flexibility index (Phi) is 7.09. The van der Waals surface area contributed by atoms with Crippen molar-refractivity contribution in [1.82, 2.24) is 0 Å². The standard InChI is InChI=1S/C25H31FO/c1-3-5-7-9-17-27-21-13-16-22-20(18-21)12-15-24-23(22)14-11-19(25(24)26)10-8-6-4-2/h11-16,18H,3-10,17H2,1-2H3. The van der Waals surface area contributed by atoms with E-state index in [0.717, 1.165) is 71.6 Å². The summed E-state index contributed by atoms with van der Waals surface area (Å²) < 4.78 is 20.8. The highest BCUT2D eigenvalue weighted by atomic mass is 19.1. The van der Waals surface area contributed by atoms with Gasteiger partial charge in [0.1, 0.15) is 11.6 Å². The van der Waals surface area contributed by atoms with E-state index in [1.807, 2.05) is 24.3 Å². The van der Waals surface area contributed by atoms with Crippen molar-refractivity contribution >= 4 is 21.5 Å². The molecule has 3 aromatic rings.